The maximum atomic E-state index is 12.7. The molecule has 1 N–H and O–H groups in total. The molecule has 0 atom stereocenters. The molecule has 1 aliphatic carbocycles. The fourth-order valence-electron chi connectivity index (χ4n) is 3.62. The Morgan fingerprint density at radius 3 is 2.81 bits per heavy atom. The molecule has 1 saturated carbocycles. The topological polar surface area (TPSA) is 93.4 Å². The first kappa shape index (κ1) is 17.6. The van der Waals surface area contributed by atoms with Crippen molar-refractivity contribution in [3.63, 3.8) is 0 Å². The van der Waals surface area contributed by atoms with Crippen LogP contribution in [0.5, 0.6) is 5.88 Å². The SMILES string of the molecule is Cc1noc(C23CC(CN2C(=O)Nc2ccc(OCC(F)(F)F)nc2)C3)n1. The number of amides is 2. The number of alkyl halides is 3. The quantitative estimate of drug-likeness (QED) is 0.873. The fraction of sp³-hybridized carbons (Fsp3) is 0.500. The summed E-state index contributed by atoms with van der Waals surface area (Å²) in [5.41, 5.74) is -0.237. The molecule has 0 spiro atoms. The van der Waals surface area contributed by atoms with Gasteiger partial charge < -0.3 is 19.5 Å². The number of carbonyl (C=O) groups excluding carboxylic acids is 1. The van der Waals surface area contributed by atoms with Crippen molar-refractivity contribution in [2.24, 2.45) is 5.92 Å². The Morgan fingerprint density at radius 2 is 2.22 bits per heavy atom. The number of urea groups is 1. The van der Waals surface area contributed by atoms with Crippen molar-refractivity contribution in [1.29, 1.82) is 0 Å². The molecule has 2 saturated heterocycles. The van der Waals surface area contributed by atoms with Crippen LogP contribution in [0.2, 0.25) is 0 Å². The van der Waals surface area contributed by atoms with Gasteiger partial charge in [0.2, 0.25) is 5.88 Å². The Balaban J connectivity index is 1.42. The maximum absolute atomic E-state index is 12.7. The molecular weight excluding hydrogens is 367 g/mol. The van der Waals surface area contributed by atoms with Gasteiger partial charge in [0.15, 0.2) is 12.4 Å². The Morgan fingerprint density at radius 1 is 1.44 bits per heavy atom. The summed E-state index contributed by atoms with van der Waals surface area (Å²) in [7, 11) is 0. The second kappa shape index (κ2) is 6.10. The Hall–Kier alpha value is -2.85. The van der Waals surface area contributed by atoms with Gasteiger partial charge in [-0.05, 0) is 31.7 Å². The van der Waals surface area contributed by atoms with Gasteiger partial charge in [-0.25, -0.2) is 9.78 Å². The Kier molecular flexibility index (Phi) is 3.97. The molecule has 2 aromatic heterocycles. The van der Waals surface area contributed by atoms with Crippen molar-refractivity contribution in [3.05, 3.63) is 30.0 Å². The number of aryl methyl sites for hydroxylation is 1. The van der Waals surface area contributed by atoms with Crippen molar-refractivity contribution in [2.75, 3.05) is 18.5 Å². The van der Waals surface area contributed by atoms with E-state index in [1.807, 2.05) is 0 Å². The zero-order valence-corrected chi connectivity index (χ0v) is 14.3. The molecule has 8 nitrogen and oxygen atoms in total. The first-order valence-electron chi connectivity index (χ1n) is 8.30. The molecule has 0 unspecified atom stereocenters. The molecular formula is C16H16F3N5O3. The van der Waals surface area contributed by atoms with Gasteiger partial charge in [0.25, 0.3) is 5.89 Å². The van der Waals surface area contributed by atoms with Crippen LogP contribution in [-0.4, -0.2) is 45.4 Å². The minimum atomic E-state index is -4.44. The summed E-state index contributed by atoms with van der Waals surface area (Å²) in [6.45, 7) is 0.869. The molecule has 27 heavy (non-hydrogen) atoms. The number of pyridine rings is 1. The summed E-state index contributed by atoms with van der Waals surface area (Å²) in [6.07, 6.45) is -1.66. The van der Waals surface area contributed by atoms with E-state index in [2.05, 4.69) is 25.2 Å². The number of fused-ring (bicyclic) bond motifs is 1. The smallest absolute Gasteiger partial charge is 0.422 e. The van der Waals surface area contributed by atoms with E-state index in [-0.39, 0.29) is 11.9 Å². The number of ether oxygens (including phenoxy) is 1. The molecule has 4 heterocycles. The van der Waals surface area contributed by atoms with E-state index >= 15 is 0 Å². The van der Waals surface area contributed by atoms with Gasteiger partial charge >= 0.3 is 12.2 Å². The lowest BCUT2D eigenvalue weighted by atomic mass is 9.73. The first-order valence-corrected chi connectivity index (χ1v) is 8.30. The molecule has 2 bridgehead atoms. The molecule has 2 aromatic rings. The largest absolute Gasteiger partial charge is 0.468 e. The second-order valence-electron chi connectivity index (χ2n) is 6.78. The van der Waals surface area contributed by atoms with Gasteiger partial charge in [-0.15, -0.1) is 0 Å². The Bertz CT molecular complexity index is 846. The fourth-order valence-corrected chi connectivity index (χ4v) is 3.62. The molecule has 3 aliphatic rings. The third-order valence-electron chi connectivity index (χ3n) is 4.75. The van der Waals surface area contributed by atoms with Crippen LogP contribution in [0.4, 0.5) is 23.7 Å². The van der Waals surface area contributed by atoms with Gasteiger partial charge in [0.05, 0.1) is 11.9 Å². The van der Waals surface area contributed by atoms with E-state index < -0.39 is 18.3 Å². The van der Waals surface area contributed by atoms with Crippen molar-refractivity contribution in [2.45, 2.75) is 31.5 Å². The number of aromatic nitrogens is 3. The highest BCUT2D eigenvalue weighted by Gasteiger charge is 2.62. The average Bonchev–Trinajstić information content (AvgIpc) is 3.25. The minimum Gasteiger partial charge on any atom is -0.468 e. The van der Waals surface area contributed by atoms with Gasteiger partial charge in [0, 0.05) is 12.6 Å². The molecule has 2 aliphatic heterocycles. The van der Waals surface area contributed by atoms with Crippen LogP contribution >= 0.6 is 0 Å². The zero-order valence-electron chi connectivity index (χ0n) is 14.3. The number of rotatable bonds is 4. The highest BCUT2D eigenvalue weighted by molar-refractivity contribution is 5.90. The van der Waals surface area contributed by atoms with Crippen molar-refractivity contribution < 1.29 is 27.2 Å². The molecule has 5 rings (SSSR count). The third-order valence-corrected chi connectivity index (χ3v) is 4.75. The predicted molar refractivity (Wildman–Crippen MR) is 84.9 cm³/mol. The molecule has 0 radical (unpaired) electrons. The van der Waals surface area contributed by atoms with Crippen molar-refractivity contribution >= 4 is 11.7 Å². The molecule has 2 amide bonds. The van der Waals surface area contributed by atoms with Gasteiger partial charge in [-0.3, -0.25) is 0 Å². The van der Waals surface area contributed by atoms with E-state index in [1.165, 1.54) is 18.3 Å². The molecule has 0 aromatic carbocycles. The van der Waals surface area contributed by atoms with E-state index in [0.717, 1.165) is 12.8 Å². The van der Waals surface area contributed by atoms with Crippen molar-refractivity contribution in [3.8, 4) is 5.88 Å². The van der Waals surface area contributed by atoms with E-state index in [4.69, 9.17) is 4.52 Å². The number of hydrogen-bond acceptors (Lipinski definition) is 6. The zero-order chi connectivity index (χ0) is 19.2. The van der Waals surface area contributed by atoms with Gasteiger partial charge in [-0.1, -0.05) is 5.16 Å². The summed E-state index contributed by atoms with van der Waals surface area (Å²) in [5, 5.41) is 6.50. The maximum Gasteiger partial charge on any atom is 0.422 e. The third kappa shape index (κ3) is 3.28. The van der Waals surface area contributed by atoms with E-state index in [9.17, 15) is 18.0 Å². The summed E-state index contributed by atoms with van der Waals surface area (Å²) in [4.78, 5) is 22.4. The monoisotopic (exact) mass is 383 g/mol. The summed E-state index contributed by atoms with van der Waals surface area (Å²) in [6, 6.07) is 2.35. The first-order chi connectivity index (χ1) is 12.7. The van der Waals surface area contributed by atoms with Crippen LogP contribution in [0, 0.1) is 12.8 Å². The number of nitrogens with one attached hydrogen (secondary N) is 1. The van der Waals surface area contributed by atoms with Crippen LogP contribution in [0.15, 0.2) is 22.9 Å². The van der Waals surface area contributed by atoms with Crippen LogP contribution in [-0.2, 0) is 5.54 Å². The lowest BCUT2D eigenvalue weighted by Crippen LogP contribution is -2.47. The molecule has 3 fully saturated rings. The number of carbonyl (C=O) groups is 1. The van der Waals surface area contributed by atoms with Crippen LogP contribution in [0.25, 0.3) is 0 Å². The molecule has 11 heteroatoms. The van der Waals surface area contributed by atoms with Crippen molar-refractivity contribution in [1.82, 2.24) is 20.0 Å². The lowest BCUT2D eigenvalue weighted by Gasteiger charge is -2.38. The highest BCUT2D eigenvalue weighted by atomic mass is 19.4. The van der Waals surface area contributed by atoms with Crippen LogP contribution in [0.3, 0.4) is 0 Å². The summed E-state index contributed by atoms with van der Waals surface area (Å²) < 4.78 is 46.3. The standard InChI is InChI=1S/C16H16F3N5O3/c1-9-21-13(27-23-9)15-4-10(5-15)7-24(15)14(25)22-11-2-3-12(20-6-11)26-8-16(17,18)19/h2-3,6,10H,4-5,7-8H2,1H3,(H,22,25). The van der Waals surface area contributed by atoms with E-state index in [1.54, 1.807) is 11.8 Å². The summed E-state index contributed by atoms with van der Waals surface area (Å²) in [5.74, 6) is 1.15. The summed E-state index contributed by atoms with van der Waals surface area (Å²) >= 11 is 0. The average molecular weight is 383 g/mol. The molecule has 144 valence electrons. The number of nitrogens with zero attached hydrogens (tertiary/aromatic N) is 4. The second-order valence-corrected chi connectivity index (χ2v) is 6.78. The Labute approximate surface area is 151 Å². The lowest BCUT2D eigenvalue weighted by molar-refractivity contribution is -0.154. The number of hydrogen-bond donors (Lipinski definition) is 1. The van der Waals surface area contributed by atoms with Crippen LogP contribution in [0.1, 0.15) is 24.6 Å². The number of halogens is 3. The highest BCUT2D eigenvalue weighted by Crippen LogP contribution is 2.56. The van der Waals surface area contributed by atoms with E-state index in [0.29, 0.717) is 29.9 Å². The normalized spacial score (nSPS) is 23.9. The van der Waals surface area contributed by atoms with Crippen LogP contribution < -0.4 is 10.1 Å². The minimum absolute atomic E-state index is 0.174. The van der Waals surface area contributed by atoms with Gasteiger partial charge in [-0.2, -0.15) is 18.2 Å². The predicted octanol–water partition coefficient (Wildman–Crippen LogP) is 2.87. The van der Waals surface area contributed by atoms with Gasteiger partial charge in [0.1, 0.15) is 5.54 Å². The number of anilines is 1.